The highest BCUT2D eigenvalue weighted by atomic mass is 35.5. The molecule has 0 fully saturated rings. The summed E-state index contributed by atoms with van der Waals surface area (Å²) in [5.41, 5.74) is 8.66. The van der Waals surface area contributed by atoms with E-state index >= 15 is 0 Å². The van der Waals surface area contributed by atoms with E-state index in [-0.39, 0.29) is 16.9 Å². The molecule has 0 unspecified atom stereocenters. The quantitative estimate of drug-likeness (QED) is 0.273. The number of carbonyl (C=O) groups is 2. The SMILES string of the molecule is CNC(=O)c1cnc(Cl)cc1Nc1cc(CCc2cccc(OC(N)=O)n2)cc(-c2ncn(C)n2)c1OC. The van der Waals surface area contributed by atoms with Gasteiger partial charge in [-0.2, -0.15) is 5.10 Å². The van der Waals surface area contributed by atoms with E-state index in [0.717, 1.165) is 5.56 Å². The van der Waals surface area contributed by atoms with Crippen molar-refractivity contribution in [2.75, 3.05) is 19.5 Å². The smallest absolute Gasteiger partial charge is 0.411 e. The summed E-state index contributed by atoms with van der Waals surface area (Å²) in [6.45, 7) is 0. The molecular formula is C25H25ClN8O4. The molecule has 0 bridgehead atoms. The normalized spacial score (nSPS) is 10.6. The second kappa shape index (κ2) is 11.6. The van der Waals surface area contributed by atoms with Crippen LogP contribution in [0.4, 0.5) is 16.2 Å². The van der Waals surface area contributed by atoms with Crippen LogP contribution in [0.3, 0.4) is 0 Å². The van der Waals surface area contributed by atoms with Gasteiger partial charge in [0.15, 0.2) is 11.6 Å². The van der Waals surface area contributed by atoms with E-state index in [1.165, 1.54) is 13.2 Å². The lowest BCUT2D eigenvalue weighted by molar-refractivity contribution is 0.0963. The fourth-order valence-corrected chi connectivity index (χ4v) is 3.96. The molecule has 3 aromatic heterocycles. The van der Waals surface area contributed by atoms with Crippen molar-refractivity contribution in [3.8, 4) is 23.0 Å². The maximum absolute atomic E-state index is 12.5. The van der Waals surface area contributed by atoms with Crippen molar-refractivity contribution in [3.63, 3.8) is 0 Å². The van der Waals surface area contributed by atoms with Crippen molar-refractivity contribution in [1.29, 1.82) is 0 Å². The molecule has 0 radical (unpaired) electrons. The number of nitrogens with one attached hydrogen (secondary N) is 2. The molecule has 0 aliphatic carbocycles. The maximum Gasteiger partial charge on any atom is 0.411 e. The Bertz CT molecular complexity index is 1490. The molecule has 2 amide bonds. The summed E-state index contributed by atoms with van der Waals surface area (Å²) < 4.78 is 12.2. The van der Waals surface area contributed by atoms with Crippen LogP contribution in [-0.2, 0) is 19.9 Å². The summed E-state index contributed by atoms with van der Waals surface area (Å²) in [6, 6.07) is 10.5. The number of amides is 2. The molecule has 4 N–H and O–H groups in total. The van der Waals surface area contributed by atoms with Gasteiger partial charge in [0.1, 0.15) is 11.5 Å². The van der Waals surface area contributed by atoms with E-state index in [9.17, 15) is 9.59 Å². The van der Waals surface area contributed by atoms with Crippen molar-refractivity contribution >= 4 is 35.0 Å². The monoisotopic (exact) mass is 536 g/mol. The molecule has 12 nitrogen and oxygen atoms in total. The standard InChI is InChI=1S/C25H25ClN8O4/c1-28-24(35)17-12-29-20(26)11-18(17)32-19-10-14(7-8-15-5-4-6-21(31-15)38-25(27)36)9-16(22(19)37-3)23-30-13-34(2)33-23/h4-6,9-13H,7-8H2,1-3H3,(H2,27,36)(H,28,35)(H,29,32). The predicted molar refractivity (Wildman–Crippen MR) is 141 cm³/mol. The van der Waals surface area contributed by atoms with Crippen LogP contribution in [-0.4, -0.2) is 50.9 Å². The number of hydrogen-bond donors (Lipinski definition) is 3. The lowest BCUT2D eigenvalue weighted by Crippen LogP contribution is -2.19. The Morgan fingerprint density at radius 2 is 1.95 bits per heavy atom. The van der Waals surface area contributed by atoms with E-state index in [1.807, 2.05) is 18.2 Å². The summed E-state index contributed by atoms with van der Waals surface area (Å²) in [5, 5.41) is 10.5. The number of nitrogens with zero attached hydrogens (tertiary/aromatic N) is 5. The number of aryl methyl sites for hydroxylation is 3. The second-order valence-electron chi connectivity index (χ2n) is 8.11. The summed E-state index contributed by atoms with van der Waals surface area (Å²) in [7, 11) is 4.84. The molecule has 0 aliphatic heterocycles. The van der Waals surface area contributed by atoms with Crippen LogP contribution < -0.4 is 25.8 Å². The molecule has 196 valence electrons. The van der Waals surface area contributed by atoms with Crippen LogP contribution >= 0.6 is 11.6 Å². The Morgan fingerprint density at radius 1 is 1.13 bits per heavy atom. The zero-order valence-electron chi connectivity index (χ0n) is 20.9. The molecule has 4 aromatic rings. The highest BCUT2D eigenvalue weighted by Gasteiger charge is 2.19. The van der Waals surface area contributed by atoms with Crippen molar-refractivity contribution in [3.05, 3.63) is 70.9 Å². The van der Waals surface area contributed by atoms with Crippen molar-refractivity contribution in [2.45, 2.75) is 12.8 Å². The van der Waals surface area contributed by atoms with E-state index in [2.05, 4.69) is 30.7 Å². The van der Waals surface area contributed by atoms with Crippen LogP contribution in [0.5, 0.6) is 11.6 Å². The molecule has 0 aliphatic rings. The largest absolute Gasteiger partial charge is 0.494 e. The molecule has 1 aromatic carbocycles. The van der Waals surface area contributed by atoms with Gasteiger partial charge >= 0.3 is 6.09 Å². The molecule has 3 heterocycles. The first-order valence-corrected chi connectivity index (χ1v) is 11.8. The van der Waals surface area contributed by atoms with Crippen LogP contribution in [0.2, 0.25) is 5.15 Å². The van der Waals surface area contributed by atoms with Gasteiger partial charge in [0.25, 0.3) is 5.91 Å². The third-order valence-corrected chi connectivity index (χ3v) is 5.67. The Hall–Kier alpha value is -4.71. The zero-order chi connectivity index (χ0) is 27.2. The molecule has 13 heteroatoms. The molecule has 0 atom stereocenters. The summed E-state index contributed by atoms with van der Waals surface area (Å²) >= 11 is 6.14. The molecule has 0 saturated carbocycles. The number of rotatable bonds is 9. The maximum atomic E-state index is 12.5. The molecule has 38 heavy (non-hydrogen) atoms. The average Bonchev–Trinajstić information content (AvgIpc) is 3.33. The molecule has 4 rings (SSSR count). The van der Waals surface area contributed by atoms with Gasteiger partial charge in [0.05, 0.1) is 29.6 Å². The minimum Gasteiger partial charge on any atom is -0.494 e. The van der Waals surface area contributed by atoms with E-state index < -0.39 is 6.09 Å². The van der Waals surface area contributed by atoms with Gasteiger partial charge in [0.2, 0.25) is 5.88 Å². The van der Waals surface area contributed by atoms with Gasteiger partial charge in [-0.15, -0.1) is 0 Å². The lowest BCUT2D eigenvalue weighted by atomic mass is 10.0. The fraction of sp³-hybridized carbons (Fsp3) is 0.200. The minimum absolute atomic E-state index is 0.127. The highest BCUT2D eigenvalue weighted by molar-refractivity contribution is 6.29. The number of nitrogens with two attached hydrogens (primary N) is 1. The van der Waals surface area contributed by atoms with Gasteiger partial charge in [-0.3, -0.25) is 9.48 Å². The Balaban J connectivity index is 1.74. The van der Waals surface area contributed by atoms with E-state index in [0.29, 0.717) is 52.6 Å². The van der Waals surface area contributed by atoms with Crippen molar-refractivity contribution in [1.82, 2.24) is 30.0 Å². The van der Waals surface area contributed by atoms with Gasteiger partial charge < -0.3 is 25.8 Å². The van der Waals surface area contributed by atoms with E-state index in [1.54, 1.807) is 43.4 Å². The summed E-state index contributed by atoms with van der Waals surface area (Å²) in [4.78, 5) is 36.3. The number of methoxy groups -OCH3 is 1. The van der Waals surface area contributed by atoms with Gasteiger partial charge in [0, 0.05) is 32.1 Å². The predicted octanol–water partition coefficient (Wildman–Crippen LogP) is 3.28. The lowest BCUT2D eigenvalue weighted by Gasteiger charge is -2.18. The Kier molecular flexibility index (Phi) is 8.02. The molecule has 0 saturated heterocycles. The Morgan fingerprint density at radius 3 is 2.63 bits per heavy atom. The number of pyridine rings is 2. The number of halogens is 1. The number of ether oxygens (including phenoxy) is 2. The Labute approximate surface area is 223 Å². The van der Waals surface area contributed by atoms with Crippen LogP contribution in [0.15, 0.2) is 48.9 Å². The van der Waals surface area contributed by atoms with Gasteiger partial charge in [-0.1, -0.05) is 17.7 Å². The first-order chi connectivity index (χ1) is 18.3. The van der Waals surface area contributed by atoms with Crippen LogP contribution in [0, 0.1) is 0 Å². The summed E-state index contributed by atoms with van der Waals surface area (Å²) in [5.74, 6) is 0.735. The first-order valence-electron chi connectivity index (χ1n) is 11.4. The van der Waals surface area contributed by atoms with Crippen molar-refractivity contribution in [2.24, 2.45) is 12.8 Å². The van der Waals surface area contributed by atoms with Crippen LogP contribution in [0.25, 0.3) is 11.4 Å². The summed E-state index contributed by atoms with van der Waals surface area (Å²) in [6.07, 6.45) is 3.15. The number of hydrogen-bond acceptors (Lipinski definition) is 9. The number of anilines is 2. The number of aromatic nitrogens is 5. The van der Waals surface area contributed by atoms with Crippen LogP contribution in [0.1, 0.15) is 21.6 Å². The zero-order valence-corrected chi connectivity index (χ0v) is 21.6. The molecule has 0 spiro atoms. The minimum atomic E-state index is -0.930. The third-order valence-electron chi connectivity index (χ3n) is 5.46. The average molecular weight is 537 g/mol. The second-order valence-corrected chi connectivity index (χ2v) is 8.50. The molecular weight excluding hydrogens is 512 g/mol. The topological polar surface area (TPSA) is 159 Å². The number of benzene rings is 1. The fourth-order valence-electron chi connectivity index (χ4n) is 3.80. The van der Waals surface area contributed by atoms with Gasteiger partial charge in [-0.05, 0) is 42.7 Å². The van der Waals surface area contributed by atoms with Crippen molar-refractivity contribution < 1.29 is 19.1 Å². The number of primary amides is 1. The number of carbonyl (C=O) groups excluding carboxylic acids is 2. The van der Waals surface area contributed by atoms with Gasteiger partial charge in [-0.25, -0.2) is 19.7 Å². The van der Waals surface area contributed by atoms with E-state index in [4.69, 9.17) is 26.8 Å². The third kappa shape index (κ3) is 6.16. The first kappa shape index (κ1) is 26.4. The highest BCUT2D eigenvalue weighted by Crippen LogP contribution is 2.39.